The van der Waals surface area contributed by atoms with E-state index in [1.54, 1.807) is 24.3 Å². The van der Waals surface area contributed by atoms with E-state index >= 15 is 0 Å². The summed E-state index contributed by atoms with van der Waals surface area (Å²) < 4.78 is 14.4. The molecule has 3 aromatic rings. The zero-order valence-electron chi connectivity index (χ0n) is 10.9. The summed E-state index contributed by atoms with van der Waals surface area (Å²) in [6, 6.07) is 14.8. The number of aromatic nitrogens is 2. The van der Waals surface area contributed by atoms with Crippen molar-refractivity contribution in [2.24, 2.45) is 0 Å². The first-order valence-corrected chi connectivity index (χ1v) is 6.29. The van der Waals surface area contributed by atoms with Crippen LogP contribution in [-0.2, 0) is 0 Å². The Morgan fingerprint density at radius 2 is 1.71 bits per heavy atom. The van der Waals surface area contributed by atoms with Gasteiger partial charge in [0.1, 0.15) is 17.1 Å². The second-order valence-electron chi connectivity index (χ2n) is 4.48. The number of benzene rings is 2. The molecular formula is C16H11FN2O2. The quantitative estimate of drug-likeness (QED) is 0.801. The summed E-state index contributed by atoms with van der Waals surface area (Å²) in [6.45, 7) is 0. The van der Waals surface area contributed by atoms with E-state index in [0.717, 1.165) is 5.56 Å². The number of carboxylic acid groups (broad SMARTS) is 1. The molecule has 0 bridgehead atoms. The molecule has 0 saturated carbocycles. The Bertz CT molecular complexity index is 780. The van der Waals surface area contributed by atoms with E-state index in [4.69, 9.17) is 0 Å². The molecule has 0 aliphatic rings. The van der Waals surface area contributed by atoms with Crippen molar-refractivity contribution in [1.82, 2.24) is 9.78 Å². The molecule has 1 aromatic heterocycles. The predicted octanol–water partition coefficient (Wildman–Crippen LogP) is 3.38. The molecule has 0 spiro atoms. The van der Waals surface area contributed by atoms with Crippen LogP contribution in [0.5, 0.6) is 0 Å². The number of carbonyl (C=O) groups is 1. The Morgan fingerprint density at radius 1 is 1.05 bits per heavy atom. The Hall–Kier alpha value is -2.95. The van der Waals surface area contributed by atoms with Gasteiger partial charge in [0.2, 0.25) is 0 Å². The summed E-state index contributed by atoms with van der Waals surface area (Å²) >= 11 is 0. The smallest absolute Gasteiger partial charge is 0.339 e. The standard InChI is InChI=1S/C16H11FN2O2/c17-12-6-8-13(9-7-12)19-10-14(16(20)21)15(18-19)11-4-2-1-3-5-11/h1-10H,(H,20,21). The lowest BCUT2D eigenvalue weighted by atomic mass is 10.1. The molecule has 1 heterocycles. The molecule has 1 N–H and O–H groups in total. The van der Waals surface area contributed by atoms with Crippen molar-refractivity contribution in [3.05, 3.63) is 72.2 Å². The molecule has 0 aliphatic heterocycles. The van der Waals surface area contributed by atoms with Gasteiger partial charge < -0.3 is 5.11 Å². The van der Waals surface area contributed by atoms with Gasteiger partial charge in [-0.15, -0.1) is 0 Å². The van der Waals surface area contributed by atoms with Gasteiger partial charge in [-0.05, 0) is 24.3 Å². The van der Waals surface area contributed by atoms with Gasteiger partial charge in [0.25, 0.3) is 0 Å². The van der Waals surface area contributed by atoms with Crippen LogP contribution >= 0.6 is 0 Å². The zero-order chi connectivity index (χ0) is 14.8. The Balaban J connectivity index is 2.13. The van der Waals surface area contributed by atoms with Crippen molar-refractivity contribution in [2.75, 3.05) is 0 Å². The maximum atomic E-state index is 13.0. The molecule has 3 rings (SSSR count). The maximum Gasteiger partial charge on any atom is 0.339 e. The van der Waals surface area contributed by atoms with Crippen LogP contribution in [0.15, 0.2) is 60.8 Å². The molecule has 0 unspecified atom stereocenters. The molecule has 21 heavy (non-hydrogen) atoms. The number of aromatic carboxylic acids is 1. The van der Waals surface area contributed by atoms with Crippen molar-refractivity contribution in [1.29, 1.82) is 0 Å². The minimum absolute atomic E-state index is 0.102. The third kappa shape index (κ3) is 2.53. The third-order valence-electron chi connectivity index (χ3n) is 3.08. The van der Waals surface area contributed by atoms with Gasteiger partial charge >= 0.3 is 5.97 Å². The average molecular weight is 282 g/mol. The summed E-state index contributed by atoms with van der Waals surface area (Å²) in [5.41, 5.74) is 1.80. The van der Waals surface area contributed by atoms with Crippen LogP contribution in [0.2, 0.25) is 0 Å². The van der Waals surface area contributed by atoms with Gasteiger partial charge in [-0.2, -0.15) is 5.10 Å². The largest absolute Gasteiger partial charge is 0.478 e. The first-order valence-electron chi connectivity index (χ1n) is 6.29. The van der Waals surface area contributed by atoms with E-state index in [0.29, 0.717) is 11.4 Å². The van der Waals surface area contributed by atoms with Crippen LogP contribution in [0.25, 0.3) is 16.9 Å². The lowest BCUT2D eigenvalue weighted by Gasteiger charge is -2.00. The van der Waals surface area contributed by atoms with E-state index in [1.165, 1.54) is 23.0 Å². The monoisotopic (exact) mass is 282 g/mol. The number of nitrogens with zero attached hydrogens (tertiary/aromatic N) is 2. The number of carboxylic acids is 1. The fraction of sp³-hybridized carbons (Fsp3) is 0. The fourth-order valence-electron chi connectivity index (χ4n) is 2.07. The van der Waals surface area contributed by atoms with E-state index < -0.39 is 5.97 Å². The lowest BCUT2D eigenvalue weighted by Crippen LogP contribution is -1.96. The van der Waals surface area contributed by atoms with Crippen molar-refractivity contribution >= 4 is 5.97 Å². The molecule has 0 amide bonds. The van der Waals surface area contributed by atoms with Crippen LogP contribution in [-0.4, -0.2) is 20.9 Å². The first-order chi connectivity index (χ1) is 10.1. The normalized spacial score (nSPS) is 10.5. The number of hydrogen-bond donors (Lipinski definition) is 1. The molecule has 2 aromatic carbocycles. The van der Waals surface area contributed by atoms with Crippen LogP contribution < -0.4 is 0 Å². The van der Waals surface area contributed by atoms with Gasteiger partial charge in [0, 0.05) is 11.8 Å². The highest BCUT2D eigenvalue weighted by Crippen LogP contribution is 2.23. The highest BCUT2D eigenvalue weighted by Gasteiger charge is 2.17. The van der Waals surface area contributed by atoms with E-state index in [2.05, 4.69) is 5.10 Å². The van der Waals surface area contributed by atoms with Gasteiger partial charge in [-0.3, -0.25) is 0 Å². The molecule has 0 atom stereocenters. The summed E-state index contributed by atoms with van der Waals surface area (Å²) in [5, 5.41) is 13.6. The Labute approximate surface area is 120 Å². The molecule has 0 radical (unpaired) electrons. The third-order valence-corrected chi connectivity index (χ3v) is 3.08. The van der Waals surface area contributed by atoms with Crippen LogP contribution in [0, 0.1) is 5.82 Å². The second kappa shape index (κ2) is 5.20. The van der Waals surface area contributed by atoms with E-state index in [9.17, 15) is 14.3 Å². The first kappa shape index (κ1) is 13.1. The minimum atomic E-state index is -1.05. The van der Waals surface area contributed by atoms with Crippen LogP contribution in [0.3, 0.4) is 0 Å². The second-order valence-corrected chi connectivity index (χ2v) is 4.48. The molecule has 0 fully saturated rings. The molecular weight excluding hydrogens is 271 g/mol. The Kier molecular flexibility index (Phi) is 3.23. The SMILES string of the molecule is O=C(O)c1cn(-c2ccc(F)cc2)nc1-c1ccccc1. The molecule has 0 saturated heterocycles. The van der Waals surface area contributed by atoms with Crippen LogP contribution in [0.4, 0.5) is 4.39 Å². The summed E-state index contributed by atoms with van der Waals surface area (Å²) in [7, 11) is 0. The molecule has 0 aliphatic carbocycles. The summed E-state index contributed by atoms with van der Waals surface area (Å²) in [6.07, 6.45) is 1.43. The number of rotatable bonds is 3. The summed E-state index contributed by atoms with van der Waals surface area (Å²) in [4.78, 5) is 11.4. The minimum Gasteiger partial charge on any atom is -0.478 e. The fourth-order valence-corrected chi connectivity index (χ4v) is 2.07. The van der Waals surface area contributed by atoms with Crippen molar-refractivity contribution in [3.8, 4) is 16.9 Å². The Morgan fingerprint density at radius 3 is 2.33 bits per heavy atom. The maximum absolute atomic E-state index is 13.0. The van der Waals surface area contributed by atoms with E-state index in [-0.39, 0.29) is 11.4 Å². The number of hydrogen-bond acceptors (Lipinski definition) is 2. The van der Waals surface area contributed by atoms with Crippen molar-refractivity contribution in [2.45, 2.75) is 0 Å². The number of halogens is 1. The zero-order valence-corrected chi connectivity index (χ0v) is 10.9. The van der Waals surface area contributed by atoms with Crippen molar-refractivity contribution in [3.63, 3.8) is 0 Å². The molecule has 5 heteroatoms. The van der Waals surface area contributed by atoms with Crippen LogP contribution in [0.1, 0.15) is 10.4 Å². The highest BCUT2D eigenvalue weighted by atomic mass is 19.1. The van der Waals surface area contributed by atoms with Crippen molar-refractivity contribution < 1.29 is 14.3 Å². The molecule has 4 nitrogen and oxygen atoms in total. The predicted molar refractivity (Wildman–Crippen MR) is 75.9 cm³/mol. The van der Waals surface area contributed by atoms with Gasteiger partial charge in [-0.1, -0.05) is 30.3 Å². The molecule has 104 valence electrons. The highest BCUT2D eigenvalue weighted by molar-refractivity contribution is 5.94. The lowest BCUT2D eigenvalue weighted by molar-refractivity contribution is 0.0697. The topological polar surface area (TPSA) is 55.1 Å². The van der Waals surface area contributed by atoms with Gasteiger partial charge in [0.15, 0.2) is 0 Å². The van der Waals surface area contributed by atoms with Gasteiger partial charge in [-0.25, -0.2) is 13.9 Å². The average Bonchev–Trinajstić information content (AvgIpc) is 2.94. The van der Waals surface area contributed by atoms with Gasteiger partial charge in [0.05, 0.1) is 5.69 Å². The summed E-state index contributed by atoms with van der Waals surface area (Å²) in [5.74, 6) is -1.41. The van der Waals surface area contributed by atoms with E-state index in [1.807, 2.05) is 18.2 Å².